The van der Waals surface area contributed by atoms with Gasteiger partial charge in [0.25, 0.3) is 0 Å². The zero-order valence-electron chi connectivity index (χ0n) is 16.0. The highest BCUT2D eigenvalue weighted by Crippen LogP contribution is 2.75. The SMILES string of the molecule is Cn1c(=O)n2n(c1=O)[C@@H]1C=C[C@H]2[C@]23COC[C@]12[C@H]1CC[C@@H]3n2c(=O)n(C)c(=O)n21. The fraction of sp³-hybridized carbons (Fsp3) is 0.667. The Labute approximate surface area is 162 Å². The first-order valence-corrected chi connectivity index (χ1v) is 9.94. The molecule has 1 saturated heterocycles. The molecule has 9 rings (SSSR count). The molecule has 152 valence electrons. The van der Waals surface area contributed by atoms with Crippen molar-refractivity contribution < 1.29 is 4.74 Å². The van der Waals surface area contributed by atoms with Gasteiger partial charge < -0.3 is 4.74 Å². The first-order chi connectivity index (χ1) is 13.9. The van der Waals surface area contributed by atoms with Gasteiger partial charge in [0.15, 0.2) is 0 Å². The summed E-state index contributed by atoms with van der Waals surface area (Å²) in [5.74, 6) is 0. The van der Waals surface area contributed by atoms with Crippen LogP contribution in [0.25, 0.3) is 0 Å². The lowest BCUT2D eigenvalue weighted by Crippen LogP contribution is -2.72. The lowest BCUT2D eigenvalue weighted by Gasteiger charge is -2.67. The molecule has 1 saturated carbocycles. The molecule has 0 N–H and O–H groups in total. The number of allylic oxidation sites excluding steroid dienone is 2. The molecule has 2 aliphatic carbocycles. The molecular weight excluding hydrogens is 380 g/mol. The van der Waals surface area contributed by atoms with Crippen LogP contribution in [0.15, 0.2) is 31.3 Å². The van der Waals surface area contributed by atoms with Gasteiger partial charge in [0, 0.05) is 14.1 Å². The molecule has 11 heteroatoms. The molecule has 2 fully saturated rings. The van der Waals surface area contributed by atoms with Gasteiger partial charge in [-0.15, -0.1) is 0 Å². The zero-order chi connectivity index (χ0) is 20.0. The Morgan fingerprint density at radius 1 is 0.724 bits per heavy atom. The number of fused-ring (bicyclic) bond motifs is 1. The molecule has 0 spiro atoms. The third kappa shape index (κ3) is 1.25. The quantitative estimate of drug-likeness (QED) is 0.489. The summed E-state index contributed by atoms with van der Waals surface area (Å²) in [7, 11) is 3.00. The monoisotopic (exact) mass is 400 g/mol. The summed E-state index contributed by atoms with van der Waals surface area (Å²) >= 11 is 0. The Balaban J connectivity index is 1.66. The highest BCUT2D eigenvalue weighted by molar-refractivity contribution is 5.33. The van der Waals surface area contributed by atoms with Gasteiger partial charge in [-0.05, 0) is 12.8 Å². The first-order valence-electron chi connectivity index (χ1n) is 9.94. The largest absolute Gasteiger partial charge is 0.380 e. The van der Waals surface area contributed by atoms with Crippen molar-refractivity contribution in [2.45, 2.75) is 37.0 Å². The summed E-state index contributed by atoms with van der Waals surface area (Å²) in [6.07, 6.45) is 5.47. The molecule has 2 aromatic heterocycles. The van der Waals surface area contributed by atoms with Gasteiger partial charge in [-0.1, -0.05) is 12.2 Å². The van der Waals surface area contributed by atoms with Crippen LogP contribution >= 0.6 is 0 Å². The van der Waals surface area contributed by atoms with Gasteiger partial charge in [0.2, 0.25) is 0 Å². The number of aromatic nitrogens is 6. The topological polar surface area (TPSA) is 107 Å². The summed E-state index contributed by atoms with van der Waals surface area (Å²) in [6, 6.07) is -1.35. The first kappa shape index (κ1) is 16.0. The second-order valence-electron chi connectivity index (χ2n) is 9.08. The predicted octanol–water partition coefficient (Wildman–Crippen LogP) is -1.73. The summed E-state index contributed by atoms with van der Waals surface area (Å²) in [5, 5.41) is 0. The molecule has 2 aromatic rings. The van der Waals surface area contributed by atoms with Crippen molar-refractivity contribution in [3.8, 4) is 0 Å². The molecule has 0 unspecified atom stereocenters. The van der Waals surface area contributed by atoms with E-state index in [0.717, 1.165) is 22.0 Å². The van der Waals surface area contributed by atoms with E-state index < -0.39 is 22.9 Å². The summed E-state index contributed by atoms with van der Waals surface area (Å²) < 4.78 is 14.7. The van der Waals surface area contributed by atoms with E-state index in [9.17, 15) is 19.2 Å². The maximum Gasteiger partial charge on any atom is 0.347 e. The van der Waals surface area contributed by atoms with Crippen molar-refractivity contribution in [2.24, 2.45) is 24.9 Å². The lowest BCUT2D eigenvalue weighted by atomic mass is 9.44. The Morgan fingerprint density at radius 3 is 1.52 bits per heavy atom. The highest BCUT2D eigenvalue weighted by atomic mass is 16.5. The van der Waals surface area contributed by atoms with Crippen LogP contribution in [0.1, 0.15) is 37.0 Å². The molecule has 0 amide bonds. The fourth-order valence-corrected chi connectivity index (χ4v) is 7.47. The van der Waals surface area contributed by atoms with Crippen molar-refractivity contribution in [3.63, 3.8) is 0 Å². The van der Waals surface area contributed by atoms with Crippen molar-refractivity contribution in [3.05, 3.63) is 54.1 Å². The van der Waals surface area contributed by atoms with Crippen LogP contribution in [0.5, 0.6) is 0 Å². The molecule has 29 heavy (non-hydrogen) atoms. The number of hydrogen-bond acceptors (Lipinski definition) is 5. The molecule has 0 radical (unpaired) electrons. The van der Waals surface area contributed by atoms with Crippen molar-refractivity contribution >= 4 is 0 Å². The summed E-state index contributed by atoms with van der Waals surface area (Å²) in [5.41, 5.74) is -2.48. The van der Waals surface area contributed by atoms with Crippen LogP contribution in [0, 0.1) is 10.8 Å². The molecule has 7 aliphatic rings. The van der Waals surface area contributed by atoms with Crippen molar-refractivity contribution in [1.82, 2.24) is 27.9 Å². The van der Waals surface area contributed by atoms with E-state index in [-0.39, 0.29) is 34.8 Å². The second kappa shape index (κ2) is 4.35. The highest BCUT2D eigenvalue weighted by Gasteiger charge is 2.78. The van der Waals surface area contributed by atoms with Crippen LogP contribution in [-0.4, -0.2) is 41.1 Å². The average molecular weight is 400 g/mol. The predicted molar refractivity (Wildman–Crippen MR) is 98.1 cm³/mol. The smallest absolute Gasteiger partial charge is 0.347 e. The van der Waals surface area contributed by atoms with Crippen molar-refractivity contribution in [1.29, 1.82) is 0 Å². The van der Waals surface area contributed by atoms with E-state index in [1.165, 1.54) is 14.1 Å². The number of nitrogens with zero attached hydrogens (tertiary/aromatic N) is 6. The third-order valence-electron chi connectivity index (χ3n) is 8.50. The number of rotatable bonds is 0. The van der Waals surface area contributed by atoms with E-state index in [1.807, 2.05) is 12.2 Å². The Morgan fingerprint density at radius 2 is 1.10 bits per heavy atom. The van der Waals surface area contributed by atoms with E-state index >= 15 is 0 Å². The van der Waals surface area contributed by atoms with Crippen LogP contribution in [-0.2, 0) is 18.8 Å². The van der Waals surface area contributed by atoms with Gasteiger partial charge in [-0.25, -0.2) is 47.0 Å². The minimum Gasteiger partial charge on any atom is -0.380 e. The Bertz CT molecular complexity index is 1300. The molecule has 5 aliphatic heterocycles. The van der Waals surface area contributed by atoms with Crippen LogP contribution in [0.4, 0.5) is 0 Å². The number of hydrogen-bond donors (Lipinski definition) is 0. The lowest BCUT2D eigenvalue weighted by molar-refractivity contribution is -0.186. The van der Waals surface area contributed by atoms with Gasteiger partial charge in [-0.3, -0.25) is 0 Å². The van der Waals surface area contributed by atoms with E-state index in [0.29, 0.717) is 13.2 Å². The van der Waals surface area contributed by atoms with E-state index in [2.05, 4.69) is 0 Å². The van der Waals surface area contributed by atoms with E-state index in [1.54, 1.807) is 18.7 Å². The minimum atomic E-state index is -0.551. The fourth-order valence-electron chi connectivity index (χ4n) is 7.47. The van der Waals surface area contributed by atoms with Crippen LogP contribution in [0.2, 0.25) is 0 Å². The Hall–Kier alpha value is -2.82. The summed E-state index contributed by atoms with van der Waals surface area (Å²) in [4.78, 5) is 51.9. The standard InChI is InChI=1S/C18H20N6O5/c1-19-13(25)21-9-3-4-10(22(21)14(19)26)18-8-29-7-17(9,18)11-5-6-12(18)24-16(28)20(2)15(27)23(11)24/h3-4,9-12H,5-8H2,1-2H3/t9-,10+,11-,12+,17-,18+. The second-order valence-corrected chi connectivity index (χ2v) is 9.08. The Kier molecular flexibility index (Phi) is 2.40. The third-order valence-corrected chi connectivity index (χ3v) is 8.50. The minimum absolute atomic E-state index is 0.273. The maximum atomic E-state index is 13.0. The average Bonchev–Trinajstić information content (AvgIpc) is 3.35. The van der Waals surface area contributed by atoms with Crippen molar-refractivity contribution in [2.75, 3.05) is 13.2 Å². The van der Waals surface area contributed by atoms with Gasteiger partial charge in [-0.2, -0.15) is 0 Å². The van der Waals surface area contributed by atoms with Crippen LogP contribution in [0.3, 0.4) is 0 Å². The molecule has 6 atom stereocenters. The van der Waals surface area contributed by atoms with Gasteiger partial charge >= 0.3 is 22.8 Å². The van der Waals surface area contributed by atoms with Crippen LogP contribution < -0.4 is 22.8 Å². The normalized spacial score (nSPS) is 40.1. The summed E-state index contributed by atoms with van der Waals surface area (Å²) in [6.45, 7) is 0.787. The molecule has 7 heterocycles. The van der Waals surface area contributed by atoms with Gasteiger partial charge in [0.1, 0.15) is 0 Å². The molecule has 0 aromatic carbocycles. The molecular formula is C18H20N6O5. The van der Waals surface area contributed by atoms with E-state index in [4.69, 9.17) is 4.74 Å². The van der Waals surface area contributed by atoms with Gasteiger partial charge in [0.05, 0.1) is 48.2 Å². The number of ether oxygens (including phenoxy) is 1. The maximum absolute atomic E-state index is 13.0. The zero-order valence-corrected chi connectivity index (χ0v) is 16.0. The molecule has 4 bridgehead atoms. The molecule has 11 nitrogen and oxygen atoms in total.